The zero-order valence-corrected chi connectivity index (χ0v) is 16.5. The summed E-state index contributed by atoms with van der Waals surface area (Å²) in [5.74, 6) is -0.103. The molecule has 1 saturated heterocycles. The highest BCUT2D eigenvalue weighted by atomic mass is 32.2. The number of nitro groups is 1. The number of carbonyl (C=O) groups excluding carboxylic acids is 1. The molecule has 1 aliphatic rings. The van der Waals surface area contributed by atoms with Crippen molar-refractivity contribution in [3.8, 4) is 0 Å². The minimum absolute atomic E-state index is 0.00686. The van der Waals surface area contributed by atoms with Gasteiger partial charge in [0.1, 0.15) is 0 Å². The maximum absolute atomic E-state index is 12.8. The normalized spacial score (nSPS) is 15.4. The molecular weight excluding hydrogens is 382 g/mol. The molecule has 0 saturated carbocycles. The fourth-order valence-corrected chi connectivity index (χ4v) is 4.58. The molecule has 2 aromatic rings. The van der Waals surface area contributed by atoms with Crippen molar-refractivity contribution in [3.05, 3.63) is 69.3 Å². The molecule has 9 heteroatoms. The van der Waals surface area contributed by atoms with Crippen molar-refractivity contribution in [3.63, 3.8) is 0 Å². The summed E-state index contributed by atoms with van der Waals surface area (Å²) in [5.41, 5.74) is 2.35. The summed E-state index contributed by atoms with van der Waals surface area (Å²) in [5, 5.41) is 10.7. The maximum Gasteiger partial charge on any atom is 0.269 e. The smallest absolute Gasteiger partial charge is 0.269 e. The highest BCUT2D eigenvalue weighted by Crippen LogP contribution is 2.22. The molecule has 28 heavy (non-hydrogen) atoms. The number of benzene rings is 2. The lowest BCUT2D eigenvalue weighted by atomic mass is 10.0. The van der Waals surface area contributed by atoms with Gasteiger partial charge in [0.15, 0.2) is 0 Å². The molecule has 1 fully saturated rings. The van der Waals surface area contributed by atoms with Gasteiger partial charge in [-0.2, -0.15) is 4.31 Å². The van der Waals surface area contributed by atoms with E-state index in [2.05, 4.69) is 0 Å². The predicted octanol–water partition coefficient (Wildman–Crippen LogP) is 2.36. The number of hydrogen-bond donors (Lipinski definition) is 0. The fraction of sp³-hybridized carbons (Fsp3) is 0.316. The number of aryl methyl sites for hydroxylation is 2. The Morgan fingerprint density at radius 1 is 1.00 bits per heavy atom. The summed E-state index contributed by atoms with van der Waals surface area (Å²) >= 11 is 0. The second-order valence-corrected chi connectivity index (χ2v) is 8.70. The topological polar surface area (TPSA) is 101 Å². The number of rotatable bonds is 4. The Labute approximate surface area is 163 Å². The number of carbonyl (C=O) groups is 1. The van der Waals surface area contributed by atoms with Crippen LogP contribution in [-0.2, 0) is 10.0 Å². The minimum atomic E-state index is -3.76. The number of nitrogens with zero attached hydrogens (tertiary/aromatic N) is 3. The third-order valence-electron chi connectivity index (χ3n) is 4.83. The molecule has 3 rings (SSSR count). The lowest BCUT2D eigenvalue weighted by Crippen LogP contribution is -2.50. The van der Waals surface area contributed by atoms with Crippen LogP contribution < -0.4 is 0 Å². The molecule has 0 N–H and O–H groups in total. The van der Waals surface area contributed by atoms with Gasteiger partial charge in [-0.25, -0.2) is 8.42 Å². The lowest BCUT2D eigenvalue weighted by molar-refractivity contribution is -0.384. The van der Waals surface area contributed by atoms with Crippen molar-refractivity contribution < 1.29 is 18.1 Å². The van der Waals surface area contributed by atoms with Gasteiger partial charge in [0.25, 0.3) is 11.6 Å². The Balaban J connectivity index is 1.71. The number of non-ortho nitro benzene ring substituents is 1. The molecule has 0 atom stereocenters. The highest BCUT2D eigenvalue weighted by Gasteiger charge is 2.31. The van der Waals surface area contributed by atoms with Crippen LogP contribution in [0.5, 0.6) is 0 Å². The van der Waals surface area contributed by atoms with E-state index in [1.807, 2.05) is 32.0 Å². The molecule has 1 amide bonds. The average molecular weight is 403 g/mol. The van der Waals surface area contributed by atoms with Crippen molar-refractivity contribution in [1.29, 1.82) is 0 Å². The van der Waals surface area contributed by atoms with E-state index >= 15 is 0 Å². The number of hydrogen-bond acceptors (Lipinski definition) is 5. The standard InChI is InChI=1S/C19H21N3O5S/c1-14-3-4-15(2)18(13-14)19(23)20-9-11-21(12-10-20)28(26,27)17-7-5-16(6-8-17)22(24)25/h3-8,13H,9-12H2,1-2H3. The number of amides is 1. The first-order valence-electron chi connectivity index (χ1n) is 8.81. The van der Waals surface area contributed by atoms with Crippen molar-refractivity contribution in [2.45, 2.75) is 18.7 Å². The van der Waals surface area contributed by atoms with Gasteiger partial charge in [0, 0.05) is 43.9 Å². The fourth-order valence-electron chi connectivity index (χ4n) is 3.16. The van der Waals surface area contributed by atoms with Crippen molar-refractivity contribution in [2.24, 2.45) is 0 Å². The van der Waals surface area contributed by atoms with E-state index in [0.717, 1.165) is 11.1 Å². The van der Waals surface area contributed by atoms with Crippen LogP contribution in [-0.4, -0.2) is 54.6 Å². The highest BCUT2D eigenvalue weighted by molar-refractivity contribution is 7.89. The van der Waals surface area contributed by atoms with E-state index < -0.39 is 14.9 Å². The van der Waals surface area contributed by atoms with Gasteiger partial charge in [0.2, 0.25) is 10.0 Å². The Morgan fingerprint density at radius 3 is 2.18 bits per heavy atom. The van der Waals surface area contributed by atoms with Crippen molar-refractivity contribution >= 4 is 21.6 Å². The molecule has 8 nitrogen and oxygen atoms in total. The van der Waals surface area contributed by atoms with Gasteiger partial charge in [-0.3, -0.25) is 14.9 Å². The van der Waals surface area contributed by atoms with Gasteiger partial charge in [-0.05, 0) is 37.6 Å². The van der Waals surface area contributed by atoms with E-state index in [4.69, 9.17) is 0 Å². The summed E-state index contributed by atoms with van der Waals surface area (Å²) in [6.07, 6.45) is 0. The van der Waals surface area contributed by atoms with Crippen LogP contribution in [0.1, 0.15) is 21.5 Å². The molecule has 0 aromatic heterocycles. The Morgan fingerprint density at radius 2 is 1.61 bits per heavy atom. The molecular formula is C19H21N3O5S. The van der Waals surface area contributed by atoms with E-state index in [1.165, 1.54) is 28.6 Å². The second-order valence-electron chi connectivity index (χ2n) is 6.77. The van der Waals surface area contributed by atoms with Crippen molar-refractivity contribution in [2.75, 3.05) is 26.2 Å². The number of nitro benzene ring substituents is 1. The molecule has 1 aliphatic heterocycles. The summed E-state index contributed by atoms with van der Waals surface area (Å²) in [4.78, 5) is 24.6. The van der Waals surface area contributed by atoms with Gasteiger partial charge < -0.3 is 4.90 Å². The monoisotopic (exact) mass is 403 g/mol. The largest absolute Gasteiger partial charge is 0.336 e. The van der Waals surface area contributed by atoms with Gasteiger partial charge in [-0.1, -0.05) is 17.7 Å². The van der Waals surface area contributed by atoms with Crippen LogP contribution in [0.25, 0.3) is 0 Å². The molecule has 0 bridgehead atoms. The molecule has 1 heterocycles. The minimum Gasteiger partial charge on any atom is -0.336 e. The number of sulfonamides is 1. The summed E-state index contributed by atoms with van der Waals surface area (Å²) < 4.78 is 26.8. The average Bonchev–Trinajstić information content (AvgIpc) is 2.69. The first-order chi connectivity index (χ1) is 13.2. The molecule has 0 radical (unpaired) electrons. The quantitative estimate of drug-likeness (QED) is 0.576. The predicted molar refractivity (Wildman–Crippen MR) is 104 cm³/mol. The van der Waals surface area contributed by atoms with Crippen LogP contribution in [0.4, 0.5) is 5.69 Å². The zero-order chi connectivity index (χ0) is 20.5. The van der Waals surface area contributed by atoms with Gasteiger partial charge >= 0.3 is 0 Å². The Hall–Kier alpha value is -2.78. The van der Waals surface area contributed by atoms with Crippen LogP contribution in [0.2, 0.25) is 0 Å². The Bertz CT molecular complexity index is 1010. The van der Waals surface area contributed by atoms with E-state index in [9.17, 15) is 23.3 Å². The van der Waals surface area contributed by atoms with E-state index in [1.54, 1.807) is 4.90 Å². The Kier molecular flexibility index (Phi) is 5.48. The SMILES string of the molecule is Cc1ccc(C)c(C(=O)N2CCN(S(=O)(=O)c3ccc([N+](=O)[O-])cc3)CC2)c1. The molecule has 0 aliphatic carbocycles. The molecule has 0 spiro atoms. The van der Waals surface area contributed by atoms with Crippen LogP contribution >= 0.6 is 0 Å². The van der Waals surface area contributed by atoms with Gasteiger partial charge in [-0.15, -0.1) is 0 Å². The summed E-state index contributed by atoms with van der Waals surface area (Å²) in [6, 6.07) is 10.5. The van der Waals surface area contributed by atoms with E-state index in [-0.39, 0.29) is 29.6 Å². The van der Waals surface area contributed by atoms with Gasteiger partial charge in [0.05, 0.1) is 9.82 Å². The molecule has 0 unspecified atom stereocenters. The molecule has 2 aromatic carbocycles. The zero-order valence-electron chi connectivity index (χ0n) is 15.7. The second kappa shape index (κ2) is 7.69. The van der Waals surface area contributed by atoms with Crippen LogP contribution in [0, 0.1) is 24.0 Å². The molecule has 148 valence electrons. The van der Waals surface area contributed by atoms with E-state index in [0.29, 0.717) is 18.7 Å². The maximum atomic E-state index is 12.8. The first-order valence-corrected chi connectivity index (χ1v) is 10.3. The van der Waals surface area contributed by atoms with Crippen molar-refractivity contribution in [1.82, 2.24) is 9.21 Å². The number of piperazine rings is 1. The first kappa shape index (κ1) is 20.0. The van der Waals surface area contributed by atoms with Crippen LogP contribution in [0.15, 0.2) is 47.4 Å². The third-order valence-corrected chi connectivity index (χ3v) is 6.75. The summed E-state index contributed by atoms with van der Waals surface area (Å²) in [7, 11) is -3.76. The summed E-state index contributed by atoms with van der Waals surface area (Å²) in [6.45, 7) is 4.73. The lowest BCUT2D eigenvalue weighted by Gasteiger charge is -2.34. The third kappa shape index (κ3) is 3.90. The van der Waals surface area contributed by atoms with Crippen LogP contribution in [0.3, 0.4) is 0 Å².